The average Bonchev–Trinajstić information content (AvgIpc) is 0.811. The Bertz CT molecular complexity index is 31.8. The summed E-state index contributed by atoms with van der Waals surface area (Å²) in [5.74, 6) is -1.08. The van der Waals surface area contributed by atoms with Crippen LogP contribution in [0.25, 0.3) is 0 Å². The van der Waals surface area contributed by atoms with Gasteiger partial charge in [-0.1, -0.05) is 0 Å². The number of carboxylic acids is 1. The fraction of sp³-hybridized carbons (Fsp3) is 0.333. The molecule has 0 amide bonds. The Balaban J connectivity index is -0.0000000450. The third-order valence-electron chi connectivity index (χ3n) is 0. The van der Waals surface area contributed by atoms with E-state index < -0.39 is 5.97 Å². The van der Waals surface area contributed by atoms with Crippen molar-refractivity contribution in [2.45, 2.75) is 6.92 Å². The third-order valence-corrected chi connectivity index (χ3v) is 0. The summed E-state index contributed by atoms with van der Waals surface area (Å²) >= 11 is 0. The largest absolute Gasteiger partial charge is 2.00 e. The summed E-state index contributed by atoms with van der Waals surface area (Å²) in [5.41, 5.74) is 0. The minimum Gasteiger partial charge on any atom is -0.550 e. The van der Waals surface area contributed by atoms with E-state index in [2.05, 4.69) is 0 Å². The van der Waals surface area contributed by atoms with Crippen molar-refractivity contribution in [3.05, 3.63) is 7.43 Å². The molecule has 6 heavy (non-hydrogen) atoms. The Morgan fingerprint density at radius 2 is 1.67 bits per heavy atom. The van der Waals surface area contributed by atoms with E-state index in [0.717, 1.165) is 6.92 Å². The topological polar surface area (TPSA) is 40.1 Å². The van der Waals surface area contributed by atoms with Gasteiger partial charge in [0.25, 0.3) is 0 Å². The Labute approximate surface area is 48.0 Å². The monoisotopic (exact) mass is 137 g/mol. The second-order valence-corrected chi connectivity index (χ2v) is 0.492. The van der Waals surface area contributed by atoms with Gasteiger partial charge in [-0.05, 0) is 6.92 Å². The van der Waals surface area contributed by atoms with Crippen molar-refractivity contribution in [3.63, 3.8) is 0 Å². The van der Waals surface area contributed by atoms with Crippen LogP contribution in [-0.2, 0) is 21.9 Å². The molecule has 0 fully saturated rings. The van der Waals surface area contributed by atoms with Crippen LogP contribution in [0.3, 0.4) is 0 Å². The quantitative estimate of drug-likeness (QED) is 0.324. The maximum Gasteiger partial charge on any atom is 2.00 e. The SMILES string of the molecule is CC(=O)[O-].[CH3-].[Cu+2]. The van der Waals surface area contributed by atoms with Gasteiger partial charge >= 0.3 is 17.1 Å². The van der Waals surface area contributed by atoms with Gasteiger partial charge < -0.3 is 17.3 Å². The van der Waals surface area contributed by atoms with Crippen LogP contribution in [0.2, 0.25) is 0 Å². The smallest absolute Gasteiger partial charge is 0.550 e. The van der Waals surface area contributed by atoms with Crippen molar-refractivity contribution >= 4 is 5.97 Å². The van der Waals surface area contributed by atoms with Gasteiger partial charge in [-0.25, -0.2) is 0 Å². The van der Waals surface area contributed by atoms with Crippen LogP contribution in [0.5, 0.6) is 0 Å². The van der Waals surface area contributed by atoms with Crippen molar-refractivity contribution in [1.29, 1.82) is 0 Å². The van der Waals surface area contributed by atoms with Gasteiger partial charge in [0.2, 0.25) is 0 Å². The molecule has 0 aromatic heterocycles. The van der Waals surface area contributed by atoms with E-state index >= 15 is 0 Å². The summed E-state index contributed by atoms with van der Waals surface area (Å²) in [6, 6.07) is 0. The number of carbonyl (C=O) groups excluding carboxylic acids is 1. The van der Waals surface area contributed by atoms with Crippen molar-refractivity contribution in [2.75, 3.05) is 0 Å². The molecule has 0 bridgehead atoms. The maximum absolute atomic E-state index is 8.89. The first kappa shape index (κ1) is 16.7. The van der Waals surface area contributed by atoms with E-state index in [-0.39, 0.29) is 24.5 Å². The number of hydrogen-bond acceptors (Lipinski definition) is 2. The fourth-order valence-electron chi connectivity index (χ4n) is 0. The Morgan fingerprint density at radius 1 is 1.67 bits per heavy atom. The fourth-order valence-corrected chi connectivity index (χ4v) is 0. The molecular formula is C3H6CuO2. The molecule has 0 rings (SSSR count). The van der Waals surface area contributed by atoms with Crippen LogP contribution < -0.4 is 5.11 Å². The molecule has 0 spiro atoms. The molecule has 3 heteroatoms. The van der Waals surface area contributed by atoms with E-state index in [1.807, 2.05) is 0 Å². The zero-order chi connectivity index (χ0) is 3.58. The van der Waals surface area contributed by atoms with Crippen LogP contribution in [0.15, 0.2) is 0 Å². The molecular weight excluding hydrogens is 132 g/mol. The summed E-state index contributed by atoms with van der Waals surface area (Å²) in [7, 11) is 0. The maximum atomic E-state index is 8.89. The number of carbonyl (C=O) groups is 1. The first-order valence-corrected chi connectivity index (χ1v) is 0.908. The molecule has 41 valence electrons. The Kier molecular flexibility index (Phi) is 24.7. The molecule has 0 N–H and O–H groups in total. The summed E-state index contributed by atoms with van der Waals surface area (Å²) in [6.07, 6.45) is 0. The molecule has 0 unspecified atom stereocenters. The van der Waals surface area contributed by atoms with Gasteiger partial charge in [-0.2, -0.15) is 0 Å². The molecule has 0 aliphatic heterocycles. The van der Waals surface area contributed by atoms with E-state index in [9.17, 15) is 0 Å². The molecule has 0 saturated carbocycles. The molecule has 0 atom stereocenters. The number of hydrogen-bond donors (Lipinski definition) is 0. The van der Waals surface area contributed by atoms with Gasteiger partial charge in [-0.3, -0.25) is 0 Å². The molecule has 0 aromatic carbocycles. The normalized spacial score (nSPS) is 4.17. The summed E-state index contributed by atoms with van der Waals surface area (Å²) < 4.78 is 0. The van der Waals surface area contributed by atoms with Gasteiger partial charge in [0, 0.05) is 5.97 Å². The molecule has 2 nitrogen and oxygen atoms in total. The molecule has 0 aliphatic rings. The standard InChI is InChI=1S/C2H4O2.CH3.Cu/c1-2(3)4;;/h1H3,(H,3,4);1H3;/q;-1;+2/p-1. The van der Waals surface area contributed by atoms with Gasteiger partial charge in [0.1, 0.15) is 0 Å². The Hall–Kier alpha value is -0.0105. The van der Waals surface area contributed by atoms with Gasteiger partial charge in [-0.15, -0.1) is 0 Å². The molecule has 0 heterocycles. The van der Waals surface area contributed by atoms with Gasteiger partial charge in [0.15, 0.2) is 0 Å². The van der Waals surface area contributed by atoms with Crippen molar-refractivity contribution in [2.24, 2.45) is 0 Å². The van der Waals surface area contributed by atoms with Crippen LogP contribution in [0.1, 0.15) is 6.92 Å². The number of carboxylic acid groups (broad SMARTS) is 1. The van der Waals surface area contributed by atoms with Crippen molar-refractivity contribution in [3.8, 4) is 0 Å². The molecule has 0 saturated heterocycles. The third kappa shape index (κ3) is 322000. The van der Waals surface area contributed by atoms with Gasteiger partial charge in [0.05, 0.1) is 0 Å². The van der Waals surface area contributed by atoms with Crippen LogP contribution in [-0.4, -0.2) is 5.97 Å². The first-order chi connectivity index (χ1) is 1.73. The van der Waals surface area contributed by atoms with Crippen molar-refractivity contribution < 1.29 is 27.0 Å². The summed E-state index contributed by atoms with van der Waals surface area (Å²) in [4.78, 5) is 8.89. The van der Waals surface area contributed by atoms with E-state index in [4.69, 9.17) is 9.90 Å². The van der Waals surface area contributed by atoms with Crippen molar-refractivity contribution in [1.82, 2.24) is 0 Å². The molecule has 0 aromatic rings. The van der Waals surface area contributed by atoms with Crippen LogP contribution in [0, 0.1) is 7.43 Å². The first-order valence-electron chi connectivity index (χ1n) is 0.908. The minimum atomic E-state index is -1.08. The minimum absolute atomic E-state index is 0. The molecule has 0 aliphatic carbocycles. The van der Waals surface area contributed by atoms with Crippen LogP contribution in [0.4, 0.5) is 0 Å². The van der Waals surface area contributed by atoms with Crippen LogP contribution >= 0.6 is 0 Å². The van der Waals surface area contributed by atoms with E-state index in [1.54, 1.807) is 0 Å². The van der Waals surface area contributed by atoms with E-state index in [0.29, 0.717) is 0 Å². The molecule has 1 radical (unpaired) electrons. The zero-order valence-corrected chi connectivity index (χ0v) is 4.56. The summed E-state index contributed by atoms with van der Waals surface area (Å²) in [5, 5.41) is 8.89. The number of aliphatic carboxylic acids is 1. The predicted octanol–water partition coefficient (Wildman–Crippen LogP) is -0.796. The average molecular weight is 138 g/mol. The summed E-state index contributed by atoms with van der Waals surface area (Å²) in [6.45, 7) is 0.972. The zero-order valence-electron chi connectivity index (χ0n) is 3.62. The second-order valence-electron chi connectivity index (χ2n) is 0.492. The number of rotatable bonds is 0. The Morgan fingerprint density at radius 3 is 1.67 bits per heavy atom. The predicted molar refractivity (Wildman–Crippen MR) is 17.1 cm³/mol. The second kappa shape index (κ2) is 8.89. The van der Waals surface area contributed by atoms with E-state index in [1.165, 1.54) is 0 Å².